The normalized spacial score (nSPS) is 14.0. The molecule has 2 atom stereocenters. The molecule has 3 heteroatoms. The van der Waals surface area contributed by atoms with Gasteiger partial charge in [0, 0.05) is 6.42 Å². The van der Waals surface area contributed by atoms with Crippen molar-refractivity contribution in [3.05, 3.63) is 0 Å². The first-order valence-corrected chi connectivity index (χ1v) is 18.7. The molecule has 0 aromatic carbocycles. The van der Waals surface area contributed by atoms with E-state index in [1.807, 2.05) is 0 Å². The van der Waals surface area contributed by atoms with Gasteiger partial charge >= 0.3 is 0 Å². The maximum absolute atomic E-state index is 6.53. The zero-order valence-electron chi connectivity index (χ0n) is 28.4. The van der Waals surface area contributed by atoms with Crippen LogP contribution in [0.25, 0.3) is 0 Å². The van der Waals surface area contributed by atoms with Gasteiger partial charge in [-0.05, 0) is 19.3 Å². The molecule has 0 aliphatic rings. The van der Waals surface area contributed by atoms with Crippen LogP contribution in [0, 0.1) is 0 Å². The lowest BCUT2D eigenvalue weighted by Gasteiger charge is -2.32. The van der Waals surface area contributed by atoms with Crippen LogP contribution in [-0.2, 0) is 9.47 Å². The molecule has 0 fully saturated rings. The molecule has 2 N–H and O–H groups in total. The van der Waals surface area contributed by atoms with Gasteiger partial charge in [-0.1, -0.05) is 195 Å². The van der Waals surface area contributed by atoms with Crippen molar-refractivity contribution in [3.8, 4) is 0 Å². The van der Waals surface area contributed by atoms with Gasteiger partial charge in [0.1, 0.15) is 0 Å². The highest BCUT2D eigenvalue weighted by Gasteiger charge is 2.27. The molecule has 0 saturated carbocycles. The van der Waals surface area contributed by atoms with Crippen LogP contribution >= 0.6 is 0 Å². The summed E-state index contributed by atoms with van der Waals surface area (Å²) in [6.07, 6.45) is 40.4. The van der Waals surface area contributed by atoms with Crippen LogP contribution in [0.5, 0.6) is 0 Å². The number of nitrogens with two attached hydrogens (primary N) is 1. The van der Waals surface area contributed by atoms with Crippen LogP contribution in [0.3, 0.4) is 0 Å². The summed E-state index contributed by atoms with van der Waals surface area (Å²) >= 11 is 0. The Morgan fingerprint density at radius 3 is 1.10 bits per heavy atom. The first kappa shape index (κ1) is 39.9. The fourth-order valence-electron chi connectivity index (χ4n) is 5.78. The highest BCUT2D eigenvalue weighted by Crippen LogP contribution is 2.21. The summed E-state index contributed by atoms with van der Waals surface area (Å²) in [5.74, 6) is -0.909. The minimum Gasteiger partial charge on any atom is -0.338 e. The average Bonchev–Trinajstić information content (AvgIpc) is 2.96. The van der Waals surface area contributed by atoms with E-state index in [1.54, 1.807) is 0 Å². The molecule has 0 aromatic rings. The summed E-state index contributed by atoms with van der Waals surface area (Å²) in [5.41, 5.74) is 6.53. The lowest BCUT2D eigenvalue weighted by Crippen LogP contribution is -2.47. The molecule has 3 nitrogen and oxygen atoms in total. The van der Waals surface area contributed by atoms with E-state index in [1.165, 1.54) is 167 Å². The van der Waals surface area contributed by atoms with Crippen LogP contribution in [0.1, 0.15) is 220 Å². The van der Waals surface area contributed by atoms with Gasteiger partial charge in [-0.2, -0.15) is 0 Å². The molecule has 40 heavy (non-hydrogen) atoms. The van der Waals surface area contributed by atoms with E-state index in [0.29, 0.717) is 6.42 Å². The van der Waals surface area contributed by atoms with Crippen molar-refractivity contribution in [1.29, 1.82) is 0 Å². The number of unbranched alkanes of at least 4 members (excludes halogenated alkanes) is 25. The van der Waals surface area contributed by atoms with E-state index in [0.717, 1.165) is 25.9 Å². The summed E-state index contributed by atoms with van der Waals surface area (Å²) in [7, 11) is 0. The van der Waals surface area contributed by atoms with E-state index in [4.69, 9.17) is 15.2 Å². The Morgan fingerprint density at radius 1 is 0.450 bits per heavy atom. The maximum atomic E-state index is 6.53. The zero-order valence-corrected chi connectivity index (χ0v) is 28.4. The first-order chi connectivity index (χ1) is 19.6. The Kier molecular flexibility index (Phi) is 31.7. The SMILES string of the molecule is CCCCCCCCCCCCCCCCOC(N)(CC)OC(CC)CCCCCCCCCCCCCCC. The standard InChI is InChI=1S/C37H77NO2/c1-5-9-11-13-15-17-19-21-23-25-27-29-31-33-35-39-37(38,8-4)40-36(7-3)34-32-30-28-26-24-22-20-18-16-14-12-10-6-2/h36H,5-35,38H2,1-4H3. The van der Waals surface area contributed by atoms with Crippen LogP contribution in [0.2, 0.25) is 0 Å². The average molecular weight is 568 g/mol. The monoisotopic (exact) mass is 568 g/mol. The molecule has 0 aliphatic heterocycles. The molecule has 0 aromatic heterocycles. The number of ether oxygens (including phenoxy) is 2. The summed E-state index contributed by atoms with van der Waals surface area (Å²) in [5, 5.41) is 0. The molecule has 0 amide bonds. The first-order valence-electron chi connectivity index (χ1n) is 18.7. The van der Waals surface area contributed by atoms with E-state index < -0.39 is 5.91 Å². The highest BCUT2D eigenvalue weighted by atomic mass is 16.7. The van der Waals surface area contributed by atoms with Crippen molar-refractivity contribution in [2.75, 3.05) is 6.61 Å². The Labute approximate surface area is 253 Å². The van der Waals surface area contributed by atoms with Crippen molar-refractivity contribution < 1.29 is 9.47 Å². The Balaban J connectivity index is 3.66. The maximum Gasteiger partial charge on any atom is 0.224 e. The van der Waals surface area contributed by atoms with Crippen molar-refractivity contribution in [2.24, 2.45) is 5.73 Å². The van der Waals surface area contributed by atoms with Crippen molar-refractivity contribution in [1.82, 2.24) is 0 Å². The summed E-state index contributed by atoms with van der Waals surface area (Å²) < 4.78 is 12.4. The van der Waals surface area contributed by atoms with Gasteiger partial charge in [0.2, 0.25) is 5.91 Å². The van der Waals surface area contributed by atoms with Crippen LogP contribution in [0.15, 0.2) is 0 Å². The fraction of sp³-hybridized carbons (Fsp3) is 1.00. The largest absolute Gasteiger partial charge is 0.338 e. The molecule has 0 radical (unpaired) electrons. The molecule has 242 valence electrons. The Bertz CT molecular complexity index is 471. The molecule has 0 bridgehead atoms. The molecular formula is C37H77NO2. The molecule has 0 saturated heterocycles. The smallest absolute Gasteiger partial charge is 0.224 e. The quantitative estimate of drug-likeness (QED) is 0.0621. The lowest BCUT2D eigenvalue weighted by molar-refractivity contribution is -0.259. The van der Waals surface area contributed by atoms with Gasteiger partial charge in [0.15, 0.2) is 0 Å². The topological polar surface area (TPSA) is 44.5 Å². The van der Waals surface area contributed by atoms with Crippen molar-refractivity contribution in [2.45, 2.75) is 232 Å². The summed E-state index contributed by atoms with van der Waals surface area (Å²) in [6, 6.07) is 0. The van der Waals surface area contributed by atoms with E-state index in [9.17, 15) is 0 Å². The molecule has 0 rings (SSSR count). The van der Waals surface area contributed by atoms with Gasteiger partial charge in [0.25, 0.3) is 0 Å². The van der Waals surface area contributed by atoms with Crippen molar-refractivity contribution >= 4 is 0 Å². The van der Waals surface area contributed by atoms with Crippen LogP contribution in [0.4, 0.5) is 0 Å². The fourth-order valence-corrected chi connectivity index (χ4v) is 5.78. The predicted molar refractivity (Wildman–Crippen MR) is 179 cm³/mol. The Hall–Kier alpha value is -0.120. The number of hydrogen-bond donors (Lipinski definition) is 1. The van der Waals surface area contributed by atoms with E-state index in [2.05, 4.69) is 27.7 Å². The van der Waals surface area contributed by atoms with Gasteiger partial charge in [-0.15, -0.1) is 0 Å². The molecule has 0 aliphatic carbocycles. The summed E-state index contributed by atoms with van der Waals surface area (Å²) in [6.45, 7) is 9.61. The van der Waals surface area contributed by atoms with E-state index >= 15 is 0 Å². The molecular weight excluding hydrogens is 490 g/mol. The van der Waals surface area contributed by atoms with Gasteiger partial charge < -0.3 is 9.47 Å². The minimum atomic E-state index is -0.909. The number of hydrogen-bond acceptors (Lipinski definition) is 3. The van der Waals surface area contributed by atoms with E-state index in [-0.39, 0.29) is 6.10 Å². The van der Waals surface area contributed by atoms with Gasteiger partial charge in [0.05, 0.1) is 12.7 Å². The minimum absolute atomic E-state index is 0.217. The lowest BCUT2D eigenvalue weighted by atomic mass is 10.0. The molecule has 0 heterocycles. The molecule has 2 unspecified atom stereocenters. The second-order valence-electron chi connectivity index (χ2n) is 12.8. The third kappa shape index (κ3) is 28.0. The third-order valence-corrected chi connectivity index (χ3v) is 8.79. The highest BCUT2D eigenvalue weighted by molar-refractivity contribution is 4.65. The summed E-state index contributed by atoms with van der Waals surface area (Å²) in [4.78, 5) is 0. The number of rotatable bonds is 34. The van der Waals surface area contributed by atoms with Crippen LogP contribution < -0.4 is 5.73 Å². The van der Waals surface area contributed by atoms with Gasteiger partial charge in [-0.25, -0.2) is 0 Å². The predicted octanol–water partition coefficient (Wildman–Crippen LogP) is 12.8. The van der Waals surface area contributed by atoms with Crippen molar-refractivity contribution in [3.63, 3.8) is 0 Å². The second-order valence-corrected chi connectivity index (χ2v) is 12.8. The second kappa shape index (κ2) is 31.8. The van der Waals surface area contributed by atoms with Gasteiger partial charge in [-0.3, -0.25) is 5.73 Å². The molecule has 0 spiro atoms. The third-order valence-electron chi connectivity index (χ3n) is 8.79. The zero-order chi connectivity index (χ0) is 29.4. The Morgan fingerprint density at radius 2 is 0.775 bits per heavy atom. The van der Waals surface area contributed by atoms with Crippen LogP contribution in [-0.4, -0.2) is 18.6 Å².